The minimum absolute atomic E-state index is 0.121. The number of hydrogen-bond acceptors (Lipinski definition) is 2. The number of benzene rings is 1. The van der Waals surface area contributed by atoms with Gasteiger partial charge in [-0.25, -0.2) is 0 Å². The van der Waals surface area contributed by atoms with Crippen LogP contribution >= 0.6 is 12.6 Å². The van der Waals surface area contributed by atoms with Gasteiger partial charge in [-0.1, -0.05) is 12.1 Å². The smallest absolute Gasteiger partial charge is 0.190 e. The van der Waals surface area contributed by atoms with Gasteiger partial charge in [0.25, 0.3) is 0 Å². The van der Waals surface area contributed by atoms with E-state index in [1.807, 2.05) is 25.1 Å². The predicted molar refractivity (Wildman–Crippen MR) is 55.4 cm³/mol. The number of rotatable bonds is 3. The van der Waals surface area contributed by atoms with E-state index in [-0.39, 0.29) is 5.12 Å². The van der Waals surface area contributed by atoms with Crippen LogP contribution in [0.5, 0.6) is 5.75 Å². The second-order valence-electron chi connectivity index (χ2n) is 2.87. The first-order chi connectivity index (χ1) is 6.13. The number of aryl methyl sites for hydroxylation is 1. The van der Waals surface area contributed by atoms with Crippen LogP contribution in [0.15, 0.2) is 18.2 Å². The van der Waals surface area contributed by atoms with Crippen LogP contribution < -0.4 is 4.74 Å². The van der Waals surface area contributed by atoms with Gasteiger partial charge in [-0.2, -0.15) is 0 Å². The normalized spacial score (nSPS) is 9.77. The van der Waals surface area contributed by atoms with E-state index in [0.717, 1.165) is 16.9 Å². The van der Waals surface area contributed by atoms with E-state index in [0.29, 0.717) is 6.42 Å². The van der Waals surface area contributed by atoms with Crippen LogP contribution in [0.4, 0.5) is 0 Å². The molecule has 13 heavy (non-hydrogen) atoms. The second-order valence-corrected chi connectivity index (χ2v) is 3.37. The van der Waals surface area contributed by atoms with E-state index in [4.69, 9.17) is 4.74 Å². The first-order valence-corrected chi connectivity index (χ1v) is 4.43. The van der Waals surface area contributed by atoms with Crippen LogP contribution in [-0.4, -0.2) is 12.2 Å². The zero-order valence-electron chi connectivity index (χ0n) is 7.70. The van der Waals surface area contributed by atoms with E-state index in [1.165, 1.54) is 0 Å². The number of carbonyl (C=O) groups is 1. The average molecular weight is 196 g/mol. The minimum Gasteiger partial charge on any atom is -0.496 e. The first kappa shape index (κ1) is 10.1. The van der Waals surface area contributed by atoms with Crippen molar-refractivity contribution in [3.05, 3.63) is 29.3 Å². The predicted octanol–water partition coefficient (Wildman–Crippen LogP) is 2.00. The summed E-state index contributed by atoms with van der Waals surface area (Å²) in [5.74, 6) is 0.843. The second kappa shape index (κ2) is 4.33. The van der Waals surface area contributed by atoms with E-state index < -0.39 is 0 Å². The van der Waals surface area contributed by atoms with Crippen molar-refractivity contribution >= 4 is 17.7 Å². The molecule has 0 unspecified atom stereocenters. The fourth-order valence-corrected chi connectivity index (χ4v) is 1.41. The molecule has 1 rings (SSSR count). The maximum atomic E-state index is 10.7. The zero-order chi connectivity index (χ0) is 9.84. The van der Waals surface area contributed by atoms with E-state index in [2.05, 4.69) is 12.6 Å². The molecule has 0 aliphatic carbocycles. The topological polar surface area (TPSA) is 26.3 Å². The number of ether oxygens (including phenoxy) is 1. The van der Waals surface area contributed by atoms with Gasteiger partial charge in [0, 0.05) is 6.42 Å². The Morgan fingerprint density at radius 1 is 1.54 bits per heavy atom. The molecule has 1 aromatic carbocycles. The van der Waals surface area contributed by atoms with Gasteiger partial charge in [0.1, 0.15) is 5.75 Å². The molecule has 0 atom stereocenters. The fraction of sp³-hybridized carbons (Fsp3) is 0.300. The molecule has 0 aliphatic rings. The SMILES string of the molecule is COc1ccc(CC(=O)S)cc1C. The molecular weight excluding hydrogens is 184 g/mol. The Kier molecular flexibility index (Phi) is 3.37. The molecule has 0 aromatic heterocycles. The van der Waals surface area contributed by atoms with Gasteiger partial charge >= 0.3 is 0 Å². The molecule has 70 valence electrons. The summed E-state index contributed by atoms with van der Waals surface area (Å²) in [6.07, 6.45) is 0.369. The highest BCUT2D eigenvalue weighted by Gasteiger charge is 2.01. The minimum atomic E-state index is -0.121. The van der Waals surface area contributed by atoms with Gasteiger partial charge in [0.05, 0.1) is 7.11 Å². The first-order valence-electron chi connectivity index (χ1n) is 3.99. The van der Waals surface area contributed by atoms with Crippen molar-refractivity contribution in [3.63, 3.8) is 0 Å². The highest BCUT2D eigenvalue weighted by molar-refractivity contribution is 7.96. The summed E-state index contributed by atoms with van der Waals surface area (Å²) in [6.45, 7) is 1.95. The monoisotopic (exact) mass is 196 g/mol. The molecule has 0 radical (unpaired) electrons. The lowest BCUT2D eigenvalue weighted by atomic mass is 10.1. The largest absolute Gasteiger partial charge is 0.496 e. The third-order valence-electron chi connectivity index (χ3n) is 1.81. The van der Waals surface area contributed by atoms with Crippen LogP contribution in [0.1, 0.15) is 11.1 Å². The molecule has 0 bridgehead atoms. The zero-order valence-corrected chi connectivity index (χ0v) is 8.60. The Bertz CT molecular complexity index is 321. The summed E-state index contributed by atoms with van der Waals surface area (Å²) in [4.78, 5) is 10.7. The van der Waals surface area contributed by atoms with Crippen molar-refractivity contribution in [1.29, 1.82) is 0 Å². The highest BCUT2D eigenvalue weighted by atomic mass is 32.1. The molecule has 0 saturated heterocycles. The van der Waals surface area contributed by atoms with Crippen molar-refractivity contribution in [1.82, 2.24) is 0 Å². The molecule has 0 amide bonds. The number of hydrogen-bond donors (Lipinski definition) is 1. The van der Waals surface area contributed by atoms with Crippen LogP contribution in [0.3, 0.4) is 0 Å². The van der Waals surface area contributed by atoms with Gasteiger partial charge in [-0.05, 0) is 24.1 Å². The highest BCUT2D eigenvalue weighted by Crippen LogP contribution is 2.18. The molecule has 0 fully saturated rings. The van der Waals surface area contributed by atoms with Gasteiger partial charge in [-0.3, -0.25) is 4.79 Å². The molecule has 0 heterocycles. The maximum absolute atomic E-state index is 10.7. The van der Waals surface area contributed by atoms with Gasteiger partial charge < -0.3 is 4.74 Å². The number of methoxy groups -OCH3 is 1. The number of carbonyl (C=O) groups excluding carboxylic acids is 1. The van der Waals surface area contributed by atoms with Crippen molar-refractivity contribution in [2.75, 3.05) is 7.11 Å². The van der Waals surface area contributed by atoms with Gasteiger partial charge in [0.2, 0.25) is 0 Å². The maximum Gasteiger partial charge on any atom is 0.190 e. The lowest BCUT2D eigenvalue weighted by molar-refractivity contribution is -0.110. The van der Waals surface area contributed by atoms with Crippen LogP contribution in [0, 0.1) is 6.92 Å². The van der Waals surface area contributed by atoms with Crippen LogP contribution in [0.2, 0.25) is 0 Å². The summed E-state index contributed by atoms with van der Waals surface area (Å²) >= 11 is 3.72. The van der Waals surface area contributed by atoms with Crippen molar-refractivity contribution in [2.24, 2.45) is 0 Å². The number of thiol groups is 1. The third-order valence-corrected chi connectivity index (χ3v) is 1.97. The summed E-state index contributed by atoms with van der Waals surface area (Å²) in [7, 11) is 1.63. The van der Waals surface area contributed by atoms with Gasteiger partial charge in [0.15, 0.2) is 5.12 Å². The van der Waals surface area contributed by atoms with Crippen molar-refractivity contribution in [3.8, 4) is 5.75 Å². The Labute approximate surface area is 83.3 Å². The van der Waals surface area contributed by atoms with Crippen LogP contribution in [0.25, 0.3) is 0 Å². The lowest BCUT2D eigenvalue weighted by Crippen LogP contribution is -1.95. The molecule has 2 nitrogen and oxygen atoms in total. The summed E-state index contributed by atoms with van der Waals surface area (Å²) in [5, 5.41) is -0.121. The van der Waals surface area contributed by atoms with Gasteiger partial charge in [-0.15, -0.1) is 12.6 Å². The third kappa shape index (κ3) is 2.77. The molecule has 0 spiro atoms. The van der Waals surface area contributed by atoms with Crippen molar-refractivity contribution < 1.29 is 9.53 Å². The van der Waals surface area contributed by atoms with E-state index in [1.54, 1.807) is 7.11 Å². The summed E-state index contributed by atoms with van der Waals surface area (Å²) in [5.41, 5.74) is 2.01. The lowest BCUT2D eigenvalue weighted by Gasteiger charge is -2.05. The van der Waals surface area contributed by atoms with Crippen molar-refractivity contribution in [2.45, 2.75) is 13.3 Å². The molecule has 0 saturated carbocycles. The Balaban J connectivity index is 2.89. The molecule has 1 aromatic rings. The Morgan fingerprint density at radius 3 is 2.69 bits per heavy atom. The Hall–Kier alpha value is -0.960. The molecule has 0 aliphatic heterocycles. The van der Waals surface area contributed by atoms with E-state index in [9.17, 15) is 4.79 Å². The quantitative estimate of drug-likeness (QED) is 0.748. The van der Waals surface area contributed by atoms with E-state index >= 15 is 0 Å². The molecule has 3 heteroatoms. The standard InChI is InChI=1S/C10H12O2S/c1-7-5-8(6-10(11)13)3-4-9(7)12-2/h3-5H,6H2,1-2H3,(H,11,13). The summed E-state index contributed by atoms with van der Waals surface area (Å²) < 4.78 is 5.10. The van der Waals surface area contributed by atoms with Crippen LogP contribution in [-0.2, 0) is 11.2 Å². The summed E-state index contributed by atoms with van der Waals surface area (Å²) in [6, 6.07) is 5.67. The molecule has 0 N–H and O–H groups in total. The average Bonchev–Trinajstić information content (AvgIpc) is 2.03. The fourth-order valence-electron chi connectivity index (χ4n) is 1.23. The Morgan fingerprint density at radius 2 is 2.23 bits per heavy atom. The molecular formula is C10H12O2S.